The van der Waals surface area contributed by atoms with E-state index >= 15 is 0 Å². The number of hydrogen-bond donors (Lipinski definition) is 1. The van der Waals surface area contributed by atoms with Crippen molar-refractivity contribution < 1.29 is 13.9 Å². The van der Waals surface area contributed by atoms with Gasteiger partial charge in [-0.2, -0.15) is 5.10 Å². The average molecular weight is 376 g/mol. The second-order valence-corrected chi connectivity index (χ2v) is 5.66. The maximum atomic E-state index is 12.0. The molecular formula is C16H14BrN3O3. The summed E-state index contributed by atoms with van der Waals surface area (Å²) >= 11 is 3.35. The molecule has 23 heavy (non-hydrogen) atoms. The molecular weight excluding hydrogens is 362 g/mol. The van der Waals surface area contributed by atoms with Crippen LogP contribution >= 0.6 is 15.9 Å². The lowest BCUT2D eigenvalue weighted by atomic mass is 10.3. The number of furan rings is 1. The number of nitrogens with zero attached hydrogens (tertiary/aromatic N) is 2. The van der Waals surface area contributed by atoms with Gasteiger partial charge in [-0.15, -0.1) is 0 Å². The van der Waals surface area contributed by atoms with Crippen molar-refractivity contribution in [2.45, 2.75) is 6.54 Å². The molecule has 0 aliphatic heterocycles. The van der Waals surface area contributed by atoms with Crippen LogP contribution in [0.4, 0.5) is 5.82 Å². The molecule has 2 aromatic heterocycles. The fraction of sp³-hybridized carbons (Fsp3) is 0.125. The van der Waals surface area contributed by atoms with Crippen LogP contribution in [0.1, 0.15) is 5.76 Å². The Balaban J connectivity index is 1.56. The highest BCUT2D eigenvalue weighted by molar-refractivity contribution is 9.10. The molecule has 0 fully saturated rings. The molecule has 0 radical (unpaired) electrons. The van der Waals surface area contributed by atoms with E-state index in [1.165, 1.54) is 0 Å². The number of ether oxygens (including phenoxy) is 1. The second kappa shape index (κ2) is 7.15. The third-order valence-electron chi connectivity index (χ3n) is 3.05. The molecule has 3 rings (SSSR count). The fourth-order valence-corrected chi connectivity index (χ4v) is 2.24. The SMILES string of the molecule is O=C(COc1ccc(Br)cc1)Nc1ccnn1Cc1ccco1. The molecule has 0 atom stereocenters. The van der Waals surface area contributed by atoms with Crippen molar-refractivity contribution in [2.75, 3.05) is 11.9 Å². The Morgan fingerprint density at radius 1 is 1.26 bits per heavy atom. The molecule has 0 spiro atoms. The van der Waals surface area contributed by atoms with Crippen molar-refractivity contribution in [1.82, 2.24) is 9.78 Å². The Morgan fingerprint density at radius 2 is 2.09 bits per heavy atom. The largest absolute Gasteiger partial charge is 0.484 e. The van der Waals surface area contributed by atoms with Crippen molar-refractivity contribution in [3.05, 3.63) is 65.2 Å². The number of carbonyl (C=O) groups is 1. The zero-order valence-corrected chi connectivity index (χ0v) is 13.7. The van der Waals surface area contributed by atoms with Crippen molar-refractivity contribution in [3.8, 4) is 5.75 Å². The van der Waals surface area contributed by atoms with Crippen LogP contribution in [0.25, 0.3) is 0 Å². The third-order valence-corrected chi connectivity index (χ3v) is 3.58. The van der Waals surface area contributed by atoms with Crippen LogP contribution in [0.3, 0.4) is 0 Å². The van der Waals surface area contributed by atoms with Gasteiger partial charge in [0.1, 0.15) is 23.9 Å². The summed E-state index contributed by atoms with van der Waals surface area (Å²) in [7, 11) is 0. The third kappa shape index (κ3) is 4.23. The fourth-order valence-electron chi connectivity index (χ4n) is 1.97. The molecule has 1 aromatic carbocycles. The zero-order valence-electron chi connectivity index (χ0n) is 12.1. The predicted octanol–water partition coefficient (Wildman–Crippen LogP) is 3.30. The first-order chi connectivity index (χ1) is 11.2. The first-order valence-electron chi connectivity index (χ1n) is 6.93. The van der Waals surface area contributed by atoms with Gasteiger partial charge in [0.25, 0.3) is 5.91 Å². The molecule has 0 aliphatic rings. The van der Waals surface area contributed by atoms with Crippen LogP contribution in [0.15, 0.2) is 63.8 Å². The molecule has 0 unspecified atom stereocenters. The molecule has 0 saturated carbocycles. The lowest BCUT2D eigenvalue weighted by Crippen LogP contribution is -2.22. The van der Waals surface area contributed by atoms with Crippen molar-refractivity contribution in [3.63, 3.8) is 0 Å². The first-order valence-corrected chi connectivity index (χ1v) is 7.72. The maximum absolute atomic E-state index is 12.0. The smallest absolute Gasteiger partial charge is 0.263 e. The van der Waals surface area contributed by atoms with Gasteiger partial charge >= 0.3 is 0 Å². The summed E-state index contributed by atoms with van der Waals surface area (Å²) in [6, 6.07) is 12.7. The van der Waals surface area contributed by atoms with Crippen molar-refractivity contribution in [2.24, 2.45) is 0 Å². The molecule has 7 heteroatoms. The number of anilines is 1. The summed E-state index contributed by atoms with van der Waals surface area (Å²) in [6.07, 6.45) is 3.22. The van der Waals surface area contributed by atoms with Gasteiger partial charge in [0.15, 0.2) is 6.61 Å². The molecule has 2 heterocycles. The Morgan fingerprint density at radius 3 is 2.83 bits per heavy atom. The Labute approximate surface area is 141 Å². The monoisotopic (exact) mass is 375 g/mol. The molecule has 0 aliphatic carbocycles. The van der Waals surface area contributed by atoms with E-state index in [1.54, 1.807) is 35.3 Å². The molecule has 0 bridgehead atoms. The number of amides is 1. The van der Waals surface area contributed by atoms with E-state index in [4.69, 9.17) is 9.15 Å². The predicted molar refractivity (Wildman–Crippen MR) is 88.3 cm³/mol. The number of hydrogen-bond acceptors (Lipinski definition) is 4. The van der Waals surface area contributed by atoms with E-state index in [-0.39, 0.29) is 12.5 Å². The second-order valence-electron chi connectivity index (χ2n) is 4.74. The summed E-state index contributed by atoms with van der Waals surface area (Å²) in [4.78, 5) is 12.0. The van der Waals surface area contributed by atoms with Gasteiger partial charge in [0, 0.05) is 10.5 Å². The Hall–Kier alpha value is -2.54. The summed E-state index contributed by atoms with van der Waals surface area (Å²) in [5, 5.41) is 6.94. The van der Waals surface area contributed by atoms with Crippen LogP contribution in [0.2, 0.25) is 0 Å². The average Bonchev–Trinajstić information content (AvgIpc) is 3.20. The summed E-state index contributed by atoms with van der Waals surface area (Å²) in [6.45, 7) is 0.372. The first kappa shape index (κ1) is 15.4. The van der Waals surface area contributed by atoms with E-state index in [1.807, 2.05) is 24.3 Å². The standard InChI is InChI=1S/C16H14BrN3O3/c17-12-3-5-13(6-4-12)23-11-16(21)19-15-7-8-18-20(15)10-14-2-1-9-22-14/h1-9H,10-11H2,(H,19,21). The van der Waals surface area contributed by atoms with Crippen LogP contribution in [0, 0.1) is 0 Å². The highest BCUT2D eigenvalue weighted by Crippen LogP contribution is 2.16. The summed E-state index contributed by atoms with van der Waals surface area (Å²) in [5.41, 5.74) is 0. The number of carbonyl (C=O) groups excluding carboxylic acids is 1. The van der Waals surface area contributed by atoms with Crippen LogP contribution in [0.5, 0.6) is 5.75 Å². The molecule has 1 amide bonds. The van der Waals surface area contributed by atoms with Gasteiger partial charge in [-0.25, -0.2) is 4.68 Å². The highest BCUT2D eigenvalue weighted by Gasteiger charge is 2.09. The minimum atomic E-state index is -0.255. The molecule has 6 nitrogen and oxygen atoms in total. The van der Waals surface area contributed by atoms with Gasteiger partial charge in [-0.3, -0.25) is 4.79 Å². The quantitative estimate of drug-likeness (QED) is 0.717. The van der Waals surface area contributed by atoms with Gasteiger partial charge < -0.3 is 14.5 Å². The van der Waals surface area contributed by atoms with Crippen molar-refractivity contribution >= 4 is 27.7 Å². The number of rotatable bonds is 6. The lowest BCUT2D eigenvalue weighted by Gasteiger charge is -2.09. The molecule has 3 aromatic rings. The van der Waals surface area contributed by atoms with Crippen LogP contribution in [-0.4, -0.2) is 22.3 Å². The highest BCUT2D eigenvalue weighted by atomic mass is 79.9. The van der Waals surface area contributed by atoms with Gasteiger partial charge in [-0.1, -0.05) is 15.9 Å². The molecule has 118 valence electrons. The van der Waals surface area contributed by atoms with E-state index < -0.39 is 0 Å². The Kier molecular flexibility index (Phi) is 4.77. The van der Waals surface area contributed by atoms with E-state index in [0.29, 0.717) is 18.1 Å². The minimum Gasteiger partial charge on any atom is -0.484 e. The van der Waals surface area contributed by atoms with E-state index in [2.05, 4.69) is 26.3 Å². The lowest BCUT2D eigenvalue weighted by molar-refractivity contribution is -0.118. The summed E-state index contributed by atoms with van der Waals surface area (Å²) < 4.78 is 13.3. The number of nitrogens with one attached hydrogen (secondary N) is 1. The minimum absolute atomic E-state index is 0.0758. The van der Waals surface area contributed by atoms with Gasteiger partial charge in [-0.05, 0) is 36.4 Å². The Bertz CT molecular complexity index is 766. The van der Waals surface area contributed by atoms with E-state index in [9.17, 15) is 4.79 Å². The zero-order chi connectivity index (χ0) is 16.1. The number of aromatic nitrogens is 2. The molecule has 1 N–H and O–H groups in total. The van der Waals surface area contributed by atoms with Gasteiger partial charge in [0.2, 0.25) is 0 Å². The van der Waals surface area contributed by atoms with Crippen molar-refractivity contribution in [1.29, 1.82) is 0 Å². The number of benzene rings is 1. The van der Waals surface area contributed by atoms with Gasteiger partial charge in [0.05, 0.1) is 12.5 Å². The topological polar surface area (TPSA) is 69.3 Å². The maximum Gasteiger partial charge on any atom is 0.263 e. The normalized spacial score (nSPS) is 10.5. The summed E-state index contributed by atoms with van der Waals surface area (Å²) in [5.74, 6) is 1.72. The number of halogens is 1. The van der Waals surface area contributed by atoms with Crippen LogP contribution in [-0.2, 0) is 11.3 Å². The van der Waals surface area contributed by atoms with E-state index in [0.717, 1.165) is 10.2 Å². The van der Waals surface area contributed by atoms with Crippen LogP contribution < -0.4 is 10.1 Å². The molecule has 0 saturated heterocycles.